The van der Waals surface area contributed by atoms with Crippen LogP contribution < -0.4 is 5.43 Å². The Morgan fingerprint density at radius 2 is 1.90 bits per heavy atom. The molecule has 3 aromatic rings. The molecule has 0 radical (unpaired) electrons. The molecule has 0 aliphatic heterocycles. The topological polar surface area (TPSA) is 213 Å². The molecule has 15 heteroatoms. The number of hydrogen-bond acceptors (Lipinski definition) is 10. The van der Waals surface area contributed by atoms with E-state index in [-0.39, 0.29) is 22.6 Å². The van der Waals surface area contributed by atoms with Crippen molar-refractivity contribution >= 4 is 29.4 Å². The van der Waals surface area contributed by atoms with Gasteiger partial charge in [-0.15, -0.1) is 0 Å². The number of carbonyl (C=O) groups excluding carboxylic acids is 1. The number of H-pyrrole nitrogens is 1. The molecule has 0 unspecified atom stereocenters. The molecule has 2 heterocycles. The molecule has 158 valence electrons. The van der Waals surface area contributed by atoms with Gasteiger partial charge in [0.2, 0.25) is 0 Å². The fourth-order valence-electron chi connectivity index (χ4n) is 2.59. The number of nitro groups is 3. The van der Waals surface area contributed by atoms with Crippen LogP contribution in [0.25, 0.3) is 11.5 Å². The molecular weight excluding hydrogens is 418 g/mol. The van der Waals surface area contributed by atoms with Crippen molar-refractivity contribution in [3.8, 4) is 11.5 Å². The van der Waals surface area contributed by atoms with Crippen molar-refractivity contribution in [2.45, 2.75) is 6.92 Å². The van der Waals surface area contributed by atoms with E-state index in [4.69, 9.17) is 4.42 Å². The van der Waals surface area contributed by atoms with Crippen LogP contribution in [0.3, 0.4) is 0 Å². The third kappa shape index (κ3) is 4.24. The van der Waals surface area contributed by atoms with E-state index in [1.807, 2.05) is 0 Å². The number of aromatic amines is 1. The Kier molecular flexibility index (Phi) is 5.49. The minimum absolute atomic E-state index is 0.0739. The number of aromatic nitrogens is 2. The maximum Gasteiger partial charge on any atom is 0.433 e. The fraction of sp³-hybridized carbons (Fsp3) is 0.0625. The van der Waals surface area contributed by atoms with Gasteiger partial charge < -0.3 is 4.42 Å². The van der Waals surface area contributed by atoms with Gasteiger partial charge in [-0.25, -0.2) is 5.43 Å². The van der Waals surface area contributed by atoms with Crippen molar-refractivity contribution in [3.63, 3.8) is 0 Å². The molecular formula is C16H11N7O8. The normalized spacial score (nSPS) is 10.9. The van der Waals surface area contributed by atoms with Gasteiger partial charge in [0.05, 0.1) is 40.0 Å². The van der Waals surface area contributed by atoms with Crippen LogP contribution in [0.4, 0.5) is 17.3 Å². The van der Waals surface area contributed by atoms with Gasteiger partial charge in [0.25, 0.3) is 17.3 Å². The van der Waals surface area contributed by atoms with Crippen LogP contribution in [0.1, 0.15) is 21.5 Å². The number of furan rings is 1. The van der Waals surface area contributed by atoms with E-state index in [0.29, 0.717) is 5.56 Å². The monoisotopic (exact) mass is 429 g/mol. The number of rotatable bonds is 7. The second-order valence-electron chi connectivity index (χ2n) is 5.95. The van der Waals surface area contributed by atoms with Crippen LogP contribution in [0.2, 0.25) is 0 Å². The first-order valence-corrected chi connectivity index (χ1v) is 8.23. The summed E-state index contributed by atoms with van der Waals surface area (Å²) in [6, 6.07) is 4.15. The summed E-state index contributed by atoms with van der Waals surface area (Å²) in [5, 5.41) is 42.9. The number of nitro benzene ring substituents is 2. The molecule has 2 aromatic heterocycles. The van der Waals surface area contributed by atoms with Gasteiger partial charge in [-0.1, -0.05) is 0 Å². The largest absolute Gasteiger partial charge is 0.433 e. The summed E-state index contributed by atoms with van der Waals surface area (Å²) < 4.78 is 5.07. The third-order valence-corrected chi connectivity index (χ3v) is 4.07. The molecule has 3 rings (SSSR count). The predicted octanol–water partition coefficient (Wildman–Crippen LogP) is 2.47. The van der Waals surface area contributed by atoms with E-state index in [1.54, 1.807) is 0 Å². The van der Waals surface area contributed by atoms with Crippen LogP contribution in [0.5, 0.6) is 0 Å². The summed E-state index contributed by atoms with van der Waals surface area (Å²) in [5.41, 5.74) is 1.08. The first kappa shape index (κ1) is 20.8. The van der Waals surface area contributed by atoms with Crippen LogP contribution >= 0.6 is 0 Å². The molecule has 2 N–H and O–H groups in total. The van der Waals surface area contributed by atoms with Crippen molar-refractivity contribution in [1.82, 2.24) is 15.6 Å². The molecule has 0 aliphatic carbocycles. The van der Waals surface area contributed by atoms with Gasteiger partial charge in [-0.05, 0) is 13.0 Å². The highest BCUT2D eigenvalue weighted by Crippen LogP contribution is 2.28. The zero-order valence-corrected chi connectivity index (χ0v) is 15.5. The quantitative estimate of drug-likeness (QED) is 0.320. The van der Waals surface area contributed by atoms with Crippen molar-refractivity contribution in [2.24, 2.45) is 5.10 Å². The highest BCUT2D eigenvalue weighted by molar-refractivity contribution is 5.98. The third-order valence-electron chi connectivity index (χ3n) is 4.07. The molecule has 0 bridgehead atoms. The number of hydrogen-bond donors (Lipinski definition) is 2. The van der Waals surface area contributed by atoms with Crippen molar-refractivity contribution in [3.05, 3.63) is 77.5 Å². The van der Waals surface area contributed by atoms with Crippen molar-refractivity contribution < 1.29 is 24.0 Å². The maximum absolute atomic E-state index is 12.4. The zero-order valence-electron chi connectivity index (χ0n) is 15.5. The maximum atomic E-state index is 12.4. The average molecular weight is 429 g/mol. The molecule has 1 aromatic carbocycles. The first-order valence-electron chi connectivity index (χ1n) is 8.23. The fourth-order valence-corrected chi connectivity index (χ4v) is 2.59. The number of nitrogens with one attached hydrogen (secondary N) is 2. The Labute approximate surface area is 170 Å². The lowest BCUT2D eigenvalue weighted by Gasteiger charge is -2.05. The minimum Gasteiger partial charge on any atom is -0.399 e. The molecule has 31 heavy (non-hydrogen) atoms. The molecule has 15 nitrogen and oxygen atoms in total. The second-order valence-corrected chi connectivity index (χ2v) is 5.95. The average Bonchev–Trinajstić information content (AvgIpc) is 3.36. The van der Waals surface area contributed by atoms with E-state index >= 15 is 0 Å². The highest BCUT2D eigenvalue weighted by Gasteiger charge is 2.24. The standard InChI is InChI=1S/C16H11N7O8/c1-8-11(4-10(21(25)26)5-12(8)22(27)28)16(24)20-18-7-9-6-17-19-15(9)13-2-3-14(31-13)23(29)30/h2-7H,1H3,(H,17,19)(H,20,24). The molecule has 0 aliphatic rings. The van der Waals surface area contributed by atoms with E-state index in [9.17, 15) is 35.1 Å². The predicted molar refractivity (Wildman–Crippen MR) is 102 cm³/mol. The molecule has 0 fully saturated rings. The summed E-state index contributed by atoms with van der Waals surface area (Å²) in [4.78, 5) is 42.9. The molecule has 0 saturated carbocycles. The van der Waals surface area contributed by atoms with Crippen LogP contribution in [-0.2, 0) is 0 Å². The lowest BCUT2D eigenvalue weighted by Crippen LogP contribution is -2.19. The van der Waals surface area contributed by atoms with Crippen molar-refractivity contribution in [2.75, 3.05) is 0 Å². The Morgan fingerprint density at radius 3 is 2.52 bits per heavy atom. The molecule has 0 spiro atoms. The van der Waals surface area contributed by atoms with E-state index in [1.165, 1.54) is 19.2 Å². The summed E-state index contributed by atoms with van der Waals surface area (Å²) in [6.45, 7) is 1.28. The Hall–Kier alpha value is -4.95. The summed E-state index contributed by atoms with van der Waals surface area (Å²) in [6.07, 6.45) is 2.45. The lowest BCUT2D eigenvalue weighted by atomic mass is 10.1. The number of benzene rings is 1. The van der Waals surface area contributed by atoms with Gasteiger partial charge in [-0.3, -0.25) is 40.2 Å². The van der Waals surface area contributed by atoms with Gasteiger partial charge in [0.1, 0.15) is 10.6 Å². The number of non-ortho nitro benzene ring substituents is 1. The lowest BCUT2D eigenvalue weighted by molar-refractivity contribution is -0.401. The van der Waals surface area contributed by atoms with E-state index in [0.717, 1.165) is 24.4 Å². The molecule has 1 amide bonds. The Morgan fingerprint density at radius 1 is 1.16 bits per heavy atom. The van der Waals surface area contributed by atoms with Crippen LogP contribution in [0, 0.1) is 37.3 Å². The molecule has 0 saturated heterocycles. The highest BCUT2D eigenvalue weighted by atomic mass is 16.7. The van der Waals surface area contributed by atoms with Gasteiger partial charge in [0.15, 0.2) is 5.76 Å². The first-order chi connectivity index (χ1) is 14.7. The Balaban J connectivity index is 1.84. The Bertz CT molecular complexity index is 1240. The summed E-state index contributed by atoms with van der Waals surface area (Å²) in [5.74, 6) is -1.30. The van der Waals surface area contributed by atoms with Crippen molar-refractivity contribution in [1.29, 1.82) is 0 Å². The number of carbonyl (C=O) groups is 1. The second kappa shape index (κ2) is 8.19. The van der Waals surface area contributed by atoms with E-state index < -0.39 is 37.9 Å². The SMILES string of the molecule is Cc1c(C(=O)NN=Cc2cn[nH]c2-c2ccc([N+](=O)[O-])o2)cc([N+](=O)[O-])cc1[N+](=O)[O-]. The number of hydrazone groups is 1. The van der Waals surface area contributed by atoms with Gasteiger partial charge in [0, 0.05) is 17.2 Å². The minimum atomic E-state index is -0.917. The van der Waals surface area contributed by atoms with Crippen LogP contribution in [0.15, 0.2) is 40.0 Å². The summed E-state index contributed by atoms with van der Waals surface area (Å²) >= 11 is 0. The zero-order chi connectivity index (χ0) is 22.7. The van der Waals surface area contributed by atoms with Gasteiger partial charge >= 0.3 is 5.88 Å². The van der Waals surface area contributed by atoms with Gasteiger partial charge in [-0.2, -0.15) is 10.2 Å². The smallest absolute Gasteiger partial charge is 0.399 e. The van der Waals surface area contributed by atoms with E-state index in [2.05, 4.69) is 20.7 Å². The number of amides is 1. The number of nitrogens with zero attached hydrogens (tertiary/aromatic N) is 5. The summed E-state index contributed by atoms with van der Waals surface area (Å²) in [7, 11) is 0. The molecule has 0 atom stereocenters. The van der Waals surface area contributed by atoms with Crippen LogP contribution in [-0.4, -0.2) is 37.1 Å².